The molecule has 0 heterocycles. The van der Waals surface area contributed by atoms with Crippen molar-refractivity contribution in [1.29, 1.82) is 0 Å². The van der Waals surface area contributed by atoms with Gasteiger partial charge in [-0.05, 0) is 78.6 Å². The third-order valence-electron chi connectivity index (χ3n) is 5.89. The summed E-state index contributed by atoms with van der Waals surface area (Å²) in [5.74, 6) is 0.835. The zero-order chi connectivity index (χ0) is 24.8. The van der Waals surface area contributed by atoms with Gasteiger partial charge in [0.2, 0.25) is 0 Å². The Balaban J connectivity index is 1.48. The van der Waals surface area contributed by atoms with Gasteiger partial charge in [-0.2, -0.15) is 0 Å². The van der Waals surface area contributed by atoms with Crippen molar-refractivity contribution in [3.63, 3.8) is 0 Å². The van der Waals surface area contributed by atoms with Crippen molar-refractivity contribution in [1.82, 2.24) is 10.6 Å². The molecule has 0 bridgehead atoms. The second-order valence-electron chi connectivity index (χ2n) is 10.1. The first-order valence-corrected chi connectivity index (χ1v) is 12.1. The van der Waals surface area contributed by atoms with E-state index in [1.165, 1.54) is 0 Å². The Morgan fingerprint density at radius 3 is 1.88 bits per heavy atom. The van der Waals surface area contributed by atoms with Crippen LogP contribution in [0.15, 0.2) is 48.5 Å². The summed E-state index contributed by atoms with van der Waals surface area (Å²) in [4.78, 5) is 24.9. The van der Waals surface area contributed by atoms with Crippen molar-refractivity contribution in [2.75, 3.05) is 19.8 Å². The topological polar surface area (TPSA) is 76.7 Å². The van der Waals surface area contributed by atoms with Gasteiger partial charge in [0.1, 0.15) is 11.5 Å². The van der Waals surface area contributed by atoms with Crippen molar-refractivity contribution >= 4 is 35.0 Å². The molecule has 6 nitrogen and oxygen atoms in total. The average molecular weight is 507 g/mol. The van der Waals surface area contributed by atoms with Gasteiger partial charge in [-0.3, -0.25) is 9.59 Å². The summed E-state index contributed by atoms with van der Waals surface area (Å²) in [7, 11) is 0. The second kappa shape index (κ2) is 11.3. The standard InChI is InChI=1S/C26H32Cl2N2O4/c1-25(2)12-20(30-24(32)15-34-22-10-6-19(28)7-11-22)13-26(3,16-25)17-29-23(31)14-33-21-8-4-18(27)5-9-21/h4-11,20H,12-17H2,1-3H3,(H,29,31)(H,30,32)/t20-,26+/m0/s1. The molecule has 0 aliphatic heterocycles. The fraction of sp³-hybridized carbons (Fsp3) is 0.462. The number of halogens is 2. The number of carbonyl (C=O) groups excluding carboxylic acids is 2. The van der Waals surface area contributed by atoms with E-state index in [1.807, 2.05) is 0 Å². The molecule has 0 saturated heterocycles. The summed E-state index contributed by atoms with van der Waals surface area (Å²) < 4.78 is 11.1. The molecule has 1 saturated carbocycles. The number of nitrogens with one attached hydrogen (secondary N) is 2. The minimum Gasteiger partial charge on any atom is -0.484 e. The van der Waals surface area contributed by atoms with E-state index >= 15 is 0 Å². The lowest BCUT2D eigenvalue weighted by Gasteiger charge is -2.47. The lowest BCUT2D eigenvalue weighted by Crippen LogP contribution is -2.51. The minimum absolute atomic E-state index is 0.00251. The molecule has 184 valence electrons. The largest absolute Gasteiger partial charge is 0.484 e. The number of hydrogen-bond acceptors (Lipinski definition) is 4. The van der Waals surface area contributed by atoms with Crippen molar-refractivity contribution in [2.24, 2.45) is 10.8 Å². The maximum atomic E-state index is 12.5. The van der Waals surface area contributed by atoms with E-state index in [4.69, 9.17) is 32.7 Å². The summed E-state index contributed by atoms with van der Waals surface area (Å²) in [5, 5.41) is 7.34. The number of rotatable bonds is 9. The second-order valence-corrected chi connectivity index (χ2v) is 11.0. The Hall–Kier alpha value is -2.44. The molecule has 0 unspecified atom stereocenters. The highest BCUT2D eigenvalue weighted by Crippen LogP contribution is 2.45. The first-order valence-electron chi connectivity index (χ1n) is 11.3. The minimum atomic E-state index is -0.184. The number of ether oxygens (including phenoxy) is 2. The molecule has 2 amide bonds. The Morgan fingerprint density at radius 2 is 1.35 bits per heavy atom. The third kappa shape index (κ3) is 8.41. The quantitative estimate of drug-likeness (QED) is 0.485. The van der Waals surface area contributed by atoms with Crippen LogP contribution in [0.25, 0.3) is 0 Å². The molecule has 0 spiro atoms. The van der Waals surface area contributed by atoms with Crippen LogP contribution in [0, 0.1) is 10.8 Å². The summed E-state index contributed by atoms with van der Waals surface area (Å²) in [6.07, 6.45) is 2.57. The highest BCUT2D eigenvalue weighted by Gasteiger charge is 2.41. The molecule has 1 aliphatic carbocycles. The van der Waals surface area contributed by atoms with Gasteiger partial charge >= 0.3 is 0 Å². The van der Waals surface area contributed by atoms with Gasteiger partial charge in [-0.25, -0.2) is 0 Å². The smallest absolute Gasteiger partial charge is 0.258 e. The molecule has 0 radical (unpaired) electrons. The fourth-order valence-corrected chi connectivity index (χ4v) is 5.11. The maximum absolute atomic E-state index is 12.5. The third-order valence-corrected chi connectivity index (χ3v) is 6.39. The summed E-state index contributed by atoms with van der Waals surface area (Å²) >= 11 is 11.8. The zero-order valence-corrected chi connectivity index (χ0v) is 21.3. The van der Waals surface area contributed by atoms with E-state index in [-0.39, 0.29) is 41.9 Å². The average Bonchev–Trinajstić information content (AvgIpc) is 2.75. The molecular weight excluding hydrogens is 475 g/mol. The van der Waals surface area contributed by atoms with E-state index in [0.29, 0.717) is 28.1 Å². The molecule has 2 aromatic carbocycles. The van der Waals surface area contributed by atoms with Gasteiger partial charge in [0, 0.05) is 22.6 Å². The Bertz CT molecular complexity index is 979. The zero-order valence-electron chi connectivity index (χ0n) is 19.8. The Labute approximate surface area is 211 Å². The molecule has 2 aromatic rings. The summed E-state index contributed by atoms with van der Waals surface area (Å²) in [6, 6.07) is 13.8. The molecule has 8 heteroatoms. The van der Waals surface area contributed by atoms with E-state index in [1.54, 1.807) is 48.5 Å². The molecule has 2 atom stereocenters. The normalized spacial score (nSPS) is 21.4. The molecule has 2 N–H and O–H groups in total. The van der Waals surface area contributed by atoms with Gasteiger partial charge in [-0.15, -0.1) is 0 Å². The maximum Gasteiger partial charge on any atom is 0.258 e. The molecule has 1 fully saturated rings. The van der Waals surface area contributed by atoms with Crippen molar-refractivity contribution in [3.8, 4) is 11.5 Å². The van der Waals surface area contributed by atoms with E-state index < -0.39 is 0 Å². The van der Waals surface area contributed by atoms with Gasteiger partial charge < -0.3 is 20.1 Å². The molecule has 34 heavy (non-hydrogen) atoms. The van der Waals surface area contributed by atoms with Gasteiger partial charge in [0.25, 0.3) is 11.8 Å². The first kappa shape index (κ1) is 26.2. The van der Waals surface area contributed by atoms with Crippen LogP contribution in [0.1, 0.15) is 40.0 Å². The van der Waals surface area contributed by atoms with Gasteiger partial charge in [0.15, 0.2) is 13.2 Å². The van der Waals surface area contributed by atoms with Crippen LogP contribution < -0.4 is 20.1 Å². The van der Waals surface area contributed by atoms with Crippen molar-refractivity contribution in [2.45, 2.75) is 46.1 Å². The highest BCUT2D eigenvalue weighted by molar-refractivity contribution is 6.30. The van der Waals surface area contributed by atoms with Crippen LogP contribution >= 0.6 is 23.2 Å². The predicted molar refractivity (Wildman–Crippen MR) is 135 cm³/mol. The van der Waals surface area contributed by atoms with E-state index in [9.17, 15) is 9.59 Å². The number of amides is 2. The predicted octanol–water partition coefficient (Wildman–Crippen LogP) is 5.27. The Morgan fingerprint density at radius 1 is 0.853 bits per heavy atom. The number of hydrogen-bond donors (Lipinski definition) is 2. The number of carbonyl (C=O) groups is 2. The molecule has 0 aromatic heterocycles. The first-order chi connectivity index (χ1) is 16.0. The lowest BCUT2D eigenvalue weighted by atomic mass is 9.62. The van der Waals surface area contributed by atoms with Crippen LogP contribution in [-0.2, 0) is 9.59 Å². The molecule has 1 aliphatic rings. The summed E-state index contributed by atoms with van der Waals surface area (Å²) in [6.45, 7) is 6.92. The fourth-order valence-electron chi connectivity index (χ4n) is 4.86. The Kier molecular flexibility index (Phi) is 8.72. The van der Waals surface area contributed by atoms with Crippen LogP contribution in [0.2, 0.25) is 10.0 Å². The van der Waals surface area contributed by atoms with Crippen LogP contribution in [0.4, 0.5) is 0 Å². The highest BCUT2D eigenvalue weighted by atomic mass is 35.5. The van der Waals surface area contributed by atoms with E-state index in [2.05, 4.69) is 31.4 Å². The van der Waals surface area contributed by atoms with Gasteiger partial charge in [-0.1, -0.05) is 44.0 Å². The number of benzene rings is 2. The van der Waals surface area contributed by atoms with Crippen molar-refractivity contribution in [3.05, 3.63) is 58.6 Å². The van der Waals surface area contributed by atoms with Crippen LogP contribution in [0.5, 0.6) is 11.5 Å². The van der Waals surface area contributed by atoms with Gasteiger partial charge in [0.05, 0.1) is 0 Å². The molecule has 3 rings (SSSR count). The summed E-state index contributed by atoms with van der Waals surface area (Å²) in [5.41, 5.74) is -0.140. The lowest BCUT2D eigenvalue weighted by molar-refractivity contribution is -0.126. The molecular formula is C26H32Cl2N2O4. The van der Waals surface area contributed by atoms with Crippen molar-refractivity contribution < 1.29 is 19.1 Å². The monoisotopic (exact) mass is 506 g/mol. The van der Waals surface area contributed by atoms with E-state index in [0.717, 1.165) is 19.3 Å². The van der Waals surface area contributed by atoms with Crippen LogP contribution in [-0.4, -0.2) is 37.6 Å². The van der Waals surface area contributed by atoms with Crippen LogP contribution in [0.3, 0.4) is 0 Å². The SMILES string of the molecule is CC1(C)C[C@H](NC(=O)COc2ccc(Cl)cc2)C[C@@](C)(CNC(=O)COc2ccc(Cl)cc2)C1.